The Labute approximate surface area is 146 Å². The summed E-state index contributed by atoms with van der Waals surface area (Å²) in [6.45, 7) is 0.182. The Hall–Kier alpha value is -3.00. The third-order valence-electron chi connectivity index (χ3n) is 3.27. The molecule has 128 valence electrons. The average Bonchev–Trinajstić information content (AvgIpc) is 3.27. The second kappa shape index (κ2) is 7.71. The van der Waals surface area contributed by atoms with E-state index in [9.17, 15) is 14.0 Å². The van der Waals surface area contributed by atoms with E-state index in [1.54, 1.807) is 29.6 Å². The summed E-state index contributed by atoms with van der Waals surface area (Å²) in [5, 5.41) is 7.49. The zero-order valence-corrected chi connectivity index (χ0v) is 13.8. The van der Waals surface area contributed by atoms with Crippen molar-refractivity contribution >= 4 is 28.3 Å². The number of thiazole rings is 1. The Bertz CT molecular complexity index is 860. The zero-order valence-electron chi connectivity index (χ0n) is 13.0. The van der Waals surface area contributed by atoms with Gasteiger partial charge >= 0.3 is 0 Å². The predicted molar refractivity (Wildman–Crippen MR) is 91.8 cm³/mol. The molecule has 0 radical (unpaired) electrons. The van der Waals surface area contributed by atoms with Crippen molar-refractivity contribution in [3.8, 4) is 11.3 Å². The van der Waals surface area contributed by atoms with Crippen molar-refractivity contribution in [2.75, 3.05) is 11.9 Å². The van der Waals surface area contributed by atoms with Gasteiger partial charge < -0.3 is 15.1 Å². The number of carbonyl (C=O) groups is 2. The maximum absolute atomic E-state index is 12.9. The summed E-state index contributed by atoms with van der Waals surface area (Å²) >= 11 is 1.28. The lowest BCUT2D eigenvalue weighted by Crippen LogP contribution is -2.27. The van der Waals surface area contributed by atoms with E-state index in [1.165, 1.54) is 29.7 Å². The average molecular weight is 359 g/mol. The lowest BCUT2D eigenvalue weighted by Gasteiger charge is -2.03. The summed E-state index contributed by atoms with van der Waals surface area (Å²) in [4.78, 5) is 27.9. The van der Waals surface area contributed by atoms with Crippen LogP contribution in [0.15, 0.2) is 52.5 Å². The Balaban J connectivity index is 1.48. The molecule has 2 aromatic heterocycles. The fourth-order valence-corrected chi connectivity index (χ4v) is 2.79. The van der Waals surface area contributed by atoms with Gasteiger partial charge in [-0.05, 0) is 36.4 Å². The Morgan fingerprint density at radius 1 is 1.20 bits per heavy atom. The van der Waals surface area contributed by atoms with Gasteiger partial charge in [0.05, 0.1) is 12.0 Å². The molecular formula is C17H14FN3O3S. The quantitative estimate of drug-likeness (QED) is 0.707. The molecule has 25 heavy (non-hydrogen) atoms. The number of furan rings is 1. The third-order valence-corrected chi connectivity index (χ3v) is 4.03. The first kappa shape index (κ1) is 16.8. The van der Waals surface area contributed by atoms with E-state index in [4.69, 9.17) is 4.42 Å². The number of aromatic nitrogens is 1. The van der Waals surface area contributed by atoms with Crippen LogP contribution in [0.25, 0.3) is 11.3 Å². The van der Waals surface area contributed by atoms with Crippen LogP contribution in [0.3, 0.4) is 0 Å². The van der Waals surface area contributed by atoms with Crippen molar-refractivity contribution in [3.05, 3.63) is 59.6 Å². The van der Waals surface area contributed by atoms with E-state index in [0.29, 0.717) is 10.8 Å². The molecule has 8 heteroatoms. The molecule has 0 spiro atoms. The van der Waals surface area contributed by atoms with Crippen LogP contribution in [0, 0.1) is 5.82 Å². The number of nitrogens with one attached hydrogen (secondary N) is 2. The largest absolute Gasteiger partial charge is 0.459 e. The van der Waals surface area contributed by atoms with Gasteiger partial charge in [-0.3, -0.25) is 9.59 Å². The van der Waals surface area contributed by atoms with E-state index in [1.807, 2.05) is 0 Å². The molecule has 0 atom stereocenters. The van der Waals surface area contributed by atoms with E-state index < -0.39 is 0 Å². The van der Waals surface area contributed by atoms with Crippen molar-refractivity contribution < 1.29 is 18.4 Å². The number of amides is 2. The predicted octanol–water partition coefficient (Wildman–Crippen LogP) is 3.30. The highest BCUT2D eigenvalue weighted by atomic mass is 32.1. The molecule has 2 heterocycles. The van der Waals surface area contributed by atoms with Crippen molar-refractivity contribution in [1.82, 2.24) is 10.3 Å². The first-order valence-corrected chi connectivity index (χ1v) is 8.33. The summed E-state index contributed by atoms with van der Waals surface area (Å²) in [6, 6.07) is 9.12. The number of hydrogen-bond donors (Lipinski definition) is 2. The minimum atomic E-state index is -0.370. The molecule has 0 bridgehead atoms. The van der Waals surface area contributed by atoms with Crippen molar-refractivity contribution in [2.24, 2.45) is 0 Å². The second-order valence-corrected chi connectivity index (χ2v) is 5.93. The minimum Gasteiger partial charge on any atom is -0.459 e. The van der Waals surface area contributed by atoms with Crippen LogP contribution < -0.4 is 10.6 Å². The van der Waals surface area contributed by atoms with Crippen LogP contribution in [0.1, 0.15) is 17.0 Å². The molecule has 6 nitrogen and oxygen atoms in total. The fourth-order valence-electron chi connectivity index (χ4n) is 2.05. The molecule has 0 unspecified atom stereocenters. The van der Waals surface area contributed by atoms with Gasteiger partial charge in [0.2, 0.25) is 5.91 Å². The van der Waals surface area contributed by atoms with Gasteiger partial charge in [-0.15, -0.1) is 11.3 Å². The van der Waals surface area contributed by atoms with E-state index in [2.05, 4.69) is 15.6 Å². The van der Waals surface area contributed by atoms with Gasteiger partial charge in [-0.2, -0.15) is 0 Å². The Kier molecular flexibility index (Phi) is 5.20. The summed E-state index contributed by atoms with van der Waals surface area (Å²) in [5.41, 5.74) is 1.43. The lowest BCUT2D eigenvalue weighted by molar-refractivity contribution is -0.116. The van der Waals surface area contributed by atoms with Crippen molar-refractivity contribution in [3.63, 3.8) is 0 Å². The normalized spacial score (nSPS) is 10.4. The first-order chi connectivity index (χ1) is 12.1. The first-order valence-electron chi connectivity index (χ1n) is 7.45. The summed E-state index contributed by atoms with van der Waals surface area (Å²) < 4.78 is 17.9. The van der Waals surface area contributed by atoms with E-state index in [-0.39, 0.29) is 36.4 Å². The van der Waals surface area contributed by atoms with E-state index >= 15 is 0 Å². The number of benzene rings is 1. The number of carbonyl (C=O) groups excluding carboxylic acids is 2. The Morgan fingerprint density at radius 3 is 2.72 bits per heavy atom. The number of halogens is 1. The molecule has 0 aliphatic heterocycles. The lowest BCUT2D eigenvalue weighted by atomic mass is 10.2. The van der Waals surface area contributed by atoms with Gasteiger partial charge in [0.1, 0.15) is 5.82 Å². The van der Waals surface area contributed by atoms with Gasteiger partial charge in [-0.25, -0.2) is 9.37 Å². The SMILES string of the molecule is O=C(CCNC(=O)c1ccco1)Nc1nc(-c2ccc(F)cc2)cs1. The van der Waals surface area contributed by atoms with Gasteiger partial charge in [0, 0.05) is 23.9 Å². The van der Waals surface area contributed by atoms with Crippen LogP contribution in [0.5, 0.6) is 0 Å². The molecule has 0 aliphatic rings. The summed E-state index contributed by atoms with van der Waals surface area (Å²) in [5.74, 6) is -0.751. The fraction of sp³-hybridized carbons (Fsp3) is 0.118. The van der Waals surface area contributed by atoms with Crippen LogP contribution >= 0.6 is 11.3 Å². The Morgan fingerprint density at radius 2 is 2.00 bits per heavy atom. The molecule has 0 fully saturated rings. The zero-order chi connectivity index (χ0) is 17.6. The topological polar surface area (TPSA) is 84.2 Å². The third kappa shape index (κ3) is 4.51. The minimum absolute atomic E-state index is 0.109. The van der Waals surface area contributed by atoms with Crippen LogP contribution in [-0.4, -0.2) is 23.3 Å². The number of hydrogen-bond acceptors (Lipinski definition) is 5. The standard InChI is InChI=1S/C17H14FN3O3S/c18-12-5-3-11(4-6-12)13-10-25-17(20-13)21-15(22)7-8-19-16(23)14-2-1-9-24-14/h1-6,9-10H,7-8H2,(H,19,23)(H,20,21,22). The number of anilines is 1. The molecule has 0 aliphatic carbocycles. The molecular weight excluding hydrogens is 345 g/mol. The summed E-state index contributed by atoms with van der Waals surface area (Å²) in [7, 11) is 0. The maximum atomic E-state index is 12.9. The van der Waals surface area contributed by atoms with Crippen molar-refractivity contribution in [2.45, 2.75) is 6.42 Å². The molecule has 0 saturated carbocycles. The molecule has 0 saturated heterocycles. The second-order valence-electron chi connectivity index (χ2n) is 5.08. The number of rotatable bonds is 6. The van der Waals surface area contributed by atoms with Gasteiger partial charge in [0.25, 0.3) is 5.91 Å². The maximum Gasteiger partial charge on any atom is 0.286 e. The molecule has 2 amide bonds. The van der Waals surface area contributed by atoms with Gasteiger partial charge in [0.15, 0.2) is 10.9 Å². The smallest absolute Gasteiger partial charge is 0.286 e. The monoisotopic (exact) mass is 359 g/mol. The van der Waals surface area contributed by atoms with Crippen LogP contribution in [0.2, 0.25) is 0 Å². The highest BCUT2D eigenvalue weighted by Gasteiger charge is 2.11. The summed E-state index contributed by atoms with van der Waals surface area (Å²) in [6.07, 6.45) is 1.51. The van der Waals surface area contributed by atoms with Gasteiger partial charge in [-0.1, -0.05) is 0 Å². The highest BCUT2D eigenvalue weighted by molar-refractivity contribution is 7.14. The molecule has 3 aromatic rings. The highest BCUT2D eigenvalue weighted by Crippen LogP contribution is 2.25. The van der Waals surface area contributed by atoms with E-state index in [0.717, 1.165) is 5.56 Å². The molecule has 3 rings (SSSR count). The molecule has 2 N–H and O–H groups in total. The molecule has 1 aromatic carbocycles. The van der Waals surface area contributed by atoms with Crippen LogP contribution in [0.4, 0.5) is 9.52 Å². The number of nitrogens with zero attached hydrogens (tertiary/aromatic N) is 1. The van der Waals surface area contributed by atoms with Crippen LogP contribution in [-0.2, 0) is 4.79 Å². The van der Waals surface area contributed by atoms with Crippen molar-refractivity contribution in [1.29, 1.82) is 0 Å².